The van der Waals surface area contributed by atoms with Crippen LogP contribution in [0.4, 0.5) is 11.4 Å². The van der Waals surface area contributed by atoms with Crippen molar-refractivity contribution in [3.8, 4) is 0 Å². The second kappa shape index (κ2) is 4.80. The van der Waals surface area contributed by atoms with Gasteiger partial charge in [0.15, 0.2) is 0 Å². The Hall–Kier alpha value is -1.82. The van der Waals surface area contributed by atoms with Gasteiger partial charge in [0.05, 0.1) is 4.92 Å². The average Bonchev–Trinajstić information content (AvgIpc) is 2.20. The van der Waals surface area contributed by atoms with Crippen LogP contribution in [-0.2, 0) is 4.79 Å². The van der Waals surface area contributed by atoms with E-state index in [0.29, 0.717) is 0 Å². The number of nitrogens with one attached hydrogen (secondary N) is 1. The predicted octanol–water partition coefficient (Wildman–Crippen LogP) is 1.53. The van der Waals surface area contributed by atoms with Crippen LogP contribution in [0.1, 0.15) is 6.92 Å². The molecule has 0 saturated carbocycles. The number of carbonyl (C=O) groups is 1. The van der Waals surface area contributed by atoms with E-state index in [9.17, 15) is 14.9 Å². The number of nitrogens with zero attached hydrogens (tertiary/aromatic N) is 1. The van der Waals surface area contributed by atoms with E-state index in [4.69, 9.17) is 17.3 Å². The minimum absolute atomic E-state index is 0.194. The van der Waals surface area contributed by atoms with Gasteiger partial charge in [-0.15, -0.1) is 0 Å². The molecule has 0 aliphatic carbocycles. The molecular weight excluding hydrogens is 234 g/mol. The highest BCUT2D eigenvalue weighted by atomic mass is 35.5. The zero-order valence-electron chi connectivity index (χ0n) is 8.44. The highest BCUT2D eigenvalue weighted by Crippen LogP contribution is 2.28. The van der Waals surface area contributed by atoms with Gasteiger partial charge < -0.3 is 11.1 Å². The summed E-state index contributed by atoms with van der Waals surface area (Å²) in [4.78, 5) is 21.0. The first-order valence-corrected chi connectivity index (χ1v) is 4.79. The summed E-state index contributed by atoms with van der Waals surface area (Å²) in [7, 11) is 0. The summed E-state index contributed by atoms with van der Waals surface area (Å²) in [6.45, 7) is 1.51. The van der Waals surface area contributed by atoms with Crippen LogP contribution in [0.5, 0.6) is 0 Å². The third kappa shape index (κ3) is 2.83. The summed E-state index contributed by atoms with van der Waals surface area (Å²) in [6.07, 6.45) is 0. The van der Waals surface area contributed by atoms with E-state index < -0.39 is 16.9 Å². The minimum atomic E-state index is -0.695. The Morgan fingerprint density at radius 2 is 2.25 bits per heavy atom. The van der Waals surface area contributed by atoms with Gasteiger partial charge in [-0.2, -0.15) is 0 Å². The molecule has 7 heteroatoms. The molecule has 0 aromatic heterocycles. The van der Waals surface area contributed by atoms with Gasteiger partial charge in [0.2, 0.25) is 5.91 Å². The van der Waals surface area contributed by atoms with Gasteiger partial charge in [0.25, 0.3) is 5.69 Å². The van der Waals surface area contributed by atoms with Crippen molar-refractivity contribution in [2.75, 3.05) is 5.32 Å². The maximum atomic E-state index is 10.8. The van der Waals surface area contributed by atoms with Crippen LogP contribution in [0.15, 0.2) is 18.2 Å². The molecule has 3 N–H and O–H groups in total. The average molecular weight is 244 g/mol. The van der Waals surface area contributed by atoms with E-state index in [1.807, 2.05) is 0 Å². The molecule has 16 heavy (non-hydrogen) atoms. The van der Waals surface area contributed by atoms with Gasteiger partial charge >= 0.3 is 0 Å². The lowest BCUT2D eigenvalue weighted by molar-refractivity contribution is -0.384. The highest BCUT2D eigenvalue weighted by molar-refractivity contribution is 6.30. The SMILES string of the molecule is C[C@H](Nc1ccc(Cl)cc1[N+](=O)[O-])C(N)=O. The lowest BCUT2D eigenvalue weighted by Gasteiger charge is -2.11. The predicted molar refractivity (Wildman–Crippen MR) is 60.4 cm³/mol. The van der Waals surface area contributed by atoms with E-state index in [1.54, 1.807) is 0 Å². The summed E-state index contributed by atoms with van der Waals surface area (Å²) in [6, 6.07) is 3.43. The summed E-state index contributed by atoms with van der Waals surface area (Å²) in [5.41, 5.74) is 5.06. The first-order chi connectivity index (χ1) is 7.41. The molecule has 1 aromatic rings. The van der Waals surface area contributed by atoms with E-state index >= 15 is 0 Å². The minimum Gasteiger partial charge on any atom is -0.368 e. The fourth-order valence-corrected chi connectivity index (χ4v) is 1.25. The fraction of sp³-hybridized carbons (Fsp3) is 0.222. The van der Waals surface area contributed by atoms with Gasteiger partial charge in [-0.1, -0.05) is 11.6 Å². The van der Waals surface area contributed by atoms with Crippen LogP contribution in [0.3, 0.4) is 0 Å². The molecule has 0 bridgehead atoms. The fourth-order valence-electron chi connectivity index (χ4n) is 1.08. The third-order valence-corrected chi connectivity index (χ3v) is 2.19. The van der Waals surface area contributed by atoms with Crippen molar-refractivity contribution in [3.63, 3.8) is 0 Å². The van der Waals surface area contributed by atoms with Crippen LogP contribution in [0.25, 0.3) is 0 Å². The third-order valence-electron chi connectivity index (χ3n) is 1.96. The summed E-state index contributed by atoms with van der Waals surface area (Å²) < 4.78 is 0. The van der Waals surface area contributed by atoms with Crippen LogP contribution in [0.2, 0.25) is 5.02 Å². The zero-order valence-corrected chi connectivity index (χ0v) is 9.19. The van der Waals surface area contributed by atoms with Gasteiger partial charge in [0, 0.05) is 11.1 Å². The van der Waals surface area contributed by atoms with E-state index in [-0.39, 0.29) is 16.4 Å². The van der Waals surface area contributed by atoms with Gasteiger partial charge in [0.1, 0.15) is 11.7 Å². The Morgan fingerprint density at radius 1 is 1.62 bits per heavy atom. The Morgan fingerprint density at radius 3 is 2.75 bits per heavy atom. The summed E-state index contributed by atoms with van der Waals surface area (Å²) in [5, 5.41) is 13.6. The molecule has 6 nitrogen and oxygen atoms in total. The normalized spacial score (nSPS) is 11.9. The number of hydrogen-bond donors (Lipinski definition) is 2. The molecule has 0 heterocycles. The highest BCUT2D eigenvalue weighted by Gasteiger charge is 2.17. The quantitative estimate of drug-likeness (QED) is 0.619. The monoisotopic (exact) mass is 243 g/mol. The molecule has 1 amide bonds. The molecule has 0 saturated heterocycles. The maximum Gasteiger partial charge on any atom is 0.293 e. The van der Waals surface area contributed by atoms with E-state index in [2.05, 4.69) is 5.32 Å². The molecule has 0 unspecified atom stereocenters. The number of amides is 1. The number of hydrogen-bond acceptors (Lipinski definition) is 4. The first-order valence-electron chi connectivity index (χ1n) is 4.41. The van der Waals surface area contributed by atoms with Crippen molar-refractivity contribution in [1.82, 2.24) is 0 Å². The van der Waals surface area contributed by atoms with Gasteiger partial charge in [-0.05, 0) is 19.1 Å². The molecule has 1 rings (SSSR count). The molecule has 0 aliphatic heterocycles. The number of anilines is 1. The molecule has 0 spiro atoms. The van der Waals surface area contributed by atoms with E-state index in [0.717, 1.165) is 0 Å². The largest absolute Gasteiger partial charge is 0.368 e. The second-order valence-electron chi connectivity index (χ2n) is 3.19. The molecule has 86 valence electrons. The Kier molecular flexibility index (Phi) is 3.68. The Balaban J connectivity index is 3.04. The summed E-state index contributed by atoms with van der Waals surface area (Å²) in [5.74, 6) is -0.593. The molecule has 1 aromatic carbocycles. The lowest BCUT2D eigenvalue weighted by Crippen LogP contribution is -2.32. The van der Waals surface area contributed by atoms with Gasteiger partial charge in [-0.25, -0.2) is 0 Å². The molecule has 0 aliphatic rings. The number of nitro groups is 1. The first kappa shape index (κ1) is 12.3. The van der Waals surface area contributed by atoms with Crippen LogP contribution >= 0.6 is 11.6 Å². The van der Waals surface area contributed by atoms with Crippen LogP contribution < -0.4 is 11.1 Å². The van der Waals surface area contributed by atoms with Crippen molar-refractivity contribution in [2.45, 2.75) is 13.0 Å². The number of carbonyl (C=O) groups excluding carboxylic acids is 1. The second-order valence-corrected chi connectivity index (χ2v) is 3.62. The van der Waals surface area contributed by atoms with Crippen LogP contribution in [0, 0.1) is 10.1 Å². The number of halogens is 1. The van der Waals surface area contributed by atoms with Crippen molar-refractivity contribution < 1.29 is 9.72 Å². The Bertz CT molecular complexity index is 436. The molecule has 0 fully saturated rings. The van der Waals surface area contributed by atoms with Crippen molar-refractivity contribution >= 4 is 28.9 Å². The van der Waals surface area contributed by atoms with E-state index in [1.165, 1.54) is 25.1 Å². The molecule has 1 atom stereocenters. The van der Waals surface area contributed by atoms with Gasteiger partial charge in [-0.3, -0.25) is 14.9 Å². The Labute approximate surface area is 96.5 Å². The standard InChI is InChI=1S/C9H10ClN3O3/c1-5(9(11)14)12-7-3-2-6(10)4-8(7)13(15)16/h2-5,12H,1H3,(H2,11,14)/t5-/m0/s1. The molecular formula is C9H10ClN3O3. The zero-order chi connectivity index (χ0) is 12.3. The lowest BCUT2D eigenvalue weighted by atomic mass is 10.2. The maximum absolute atomic E-state index is 10.8. The van der Waals surface area contributed by atoms with Crippen molar-refractivity contribution in [1.29, 1.82) is 0 Å². The topological polar surface area (TPSA) is 98.3 Å². The smallest absolute Gasteiger partial charge is 0.293 e. The number of nitro benzene ring substituents is 1. The number of nitrogens with two attached hydrogens (primary N) is 1. The van der Waals surface area contributed by atoms with Crippen molar-refractivity contribution in [2.24, 2.45) is 5.73 Å². The number of primary amides is 1. The molecule has 0 radical (unpaired) electrons. The number of benzene rings is 1. The van der Waals surface area contributed by atoms with Crippen molar-refractivity contribution in [3.05, 3.63) is 33.3 Å². The van der Waals surface area contributed by atoms with Crippen LogP contribution in [-0.4, -0.2) is 16.9 Å². The number of rotatable bonds is 4. The summed E-state index contributed by atoms with van der Waals surface area (Å²) >= 11 is 5.64.